The fraction of sp³-hybridized carbons (Fsp3) is 0.636. The molecule has 92 valence electrons. The summed E-state index contributed by atoms with van der Waals surface area (Å²) in [5.74, 6) is 4.70. The molecule has 0 aliphatic rings. The van der Waals surface area contributed by atoms with Crippen molar-refractivity contribution in [2.24, 2.45) is 16.5 Å². The molecule has 1 unspecified atom stereocenters. The van der Waals surface area contributed by atoms with E-state index >= 15 is 0 Å². The van der Waals surface area contributed by atoms with Gasteiger partial charge in [-0.25, -0.2) is 0 Å². The number of rotatable bonds is 3. The van der Waals surface area contributed by atoms with Gasteiger partial charge in [0.2, 0.25) is 0 Å². The first kappa shape index (κ1) is 16.9. The Morgan fingerprint density at radius 1 is 1.44 bits per heavy atom. The maximum atomic E-state index is 10.6. The fourth-order valence-corrected chi connectivity index (χ4v) is 0.542. The van der Waals surface area contributed by atoms with Crippen molar-refractivity contribution < 1.29 is 9.90 Å². The molecule has 0 rings (SSSR count). The van der Waals surface area contributed by atoms with E-state index in [4.69, 9.17) is 16.6 Å². The summed E-state index contributed by atoms with van der Waals surface area (Å²) in [4.78, 5) is 14.4. The van der Waals surface area contributed by atoms with Crippen LogP contribution in [0.25, 0.3) is 0 Å². The molecular weight excluding hydrogens is 206 g/mol. The summed E-state index contributed by atoms with van der Waals surface area (Å²) >= 11 is 0. The summed E-state index contributed by atoms with van der Waals surface area (Å²) in [7, 11) is 0. The Labute approximate surface area is 96.9 Å². The van der Waals surface area contributed by atoms with Crippen molar-refractivity contribution in [2.45, 2.75) is 39.7 Å². The number of nitrogens with zero attached hydrogens (tertiary/aromatic N) is 1. The van der Waals surface area contributed by atoms with Crippen molar-refractivity contribution in [1.82, 2.24) is 0 Å². The number of hydrogen-bond acceptors (Lipinski definition) is 3. The van der Waals surface area contributed by atoms with Crippen molar-refractivity contribution in [1.29, 1.82) is 0 Å². The number of carbonyl (C=O) groups is 1. The van der Waals surface area contributed by atoms with Crippen molar-refractivity contribution in [2.75, 3.05) is 6.54 Å². The van der Waals surface area contributed by atoms with E-state index in [0.717, 1.165) is 0 Å². The third-order valence-corrected chi connectivity index (χ3v) is 1.48. The Balaban J connectivity index is 0. The van der Waals surface area contributed by atoms with Crippen LogP contribution in [0.5, 0.6) is 0 Å². The Hall–Kier alpha value is -1.54. The summed E-state index contributed by atoms with van der Waals surface area (Å²) in [6.45, 7) is 7.35. The van der Waals surface area contributed by atoms with Crippen LogP contribution in [0.15, 0.2) is 4.99 Å². The second-order valence-corrected chi connectivity index (χ2v) is 3.21. The number of aliphatic carboxylic acids is 1. The van der Waals surface area contributed by atoms with Crippen LogP contribution in [0.1, 0.15) is 34.1 Å². The summed E-state index contributed by atoms with van der Waals surface area (Å²) in [6.07, 6.45) is 0.0987. The molecule has 0 aliphatic heterocycles. The van der Waals surface area contributed by atoms with E-state index in [1.807, 2.05) is 13.8 Å². The standard InChI is InChI=1S/C9H15N3O2.C2H6/c1-7(10)12-6-4-3-5-9(2,11)8(13)14;1-2/h5-6,11H2,1-2H3,(H2,10,12)(H,13,14);1-2H3. The Kier molecular flexibility index (Phi) is 9.22. The van der Waals surface area contributed by atoms with E-state index in [0.29, 0.717) is 5.84 Å². The van der Waals surface area contributed by atoms with Gasteiger partial charge in [-0.15, -0.1) is 0 Å². The highest BCUT2D eigenvalue weighted by Gasteiger charge is 2.26. The first-order valence-electron chi connectivity index (χ1n) is 5.11. The third kappa shape index (κ3) is 9.03. The van der Waals surface area contributed by atoms with Gasteiger partial charge in [-0.3, -0.25) is 9.79 Å². The van der Waals surface area contributed by atoms with Crippen LogP contribution in [0, 0.1) is 11.8 Å². The van der Waals surface area contributed by atoms with E-state index in [1.165, 1.54) is 6.92 Å². The van der Waals surface area contributed by atoms with Crippen molar-refractivity contribution in [3.63, 3.8) is 0 Å². The first-order valence-corrected chi connectivity index (χ1v) is 5.11. The number of carboxylic acid groups (broad SMARTS) is 1. The van der Waals surface area contributed by atoms with Gasteiger partial charge in [0.15, 0.2) is 0 Å². The highest BCUT2D eigenvalue weighted by molar-refractivity contribution is 5.78. The molecule has 1 atom stereocenters. The second kappa shape index (κ2) is 8.74. The maximum Gasteiger partial charge on any atom is 0.324 e. The fourth-order valence-electron chi connectivity index (χ4n) is 0.542. The van der Waals surface area contributed by atoms with Gasteiger partial charge in [0.25, 0.3) is 0 Å². The SMILES string of the molecule is CC.CC(N)=NCC#CCC(C)(N)C(=O)O. The number of nitrogens with two attached hydrogens (primary N) is 2. The lowest BCUT2D eigenvalue weighted by atomic mass is 10.0. The van der Waals surface area contributed by atoms with E-state index in [1.54, 1.807) is 6.92 Å². The van der Waals surface area contributed by atoms with E-state index in [2.05, 4.69) is 16.8 Å². The Morgan fingerprint density at radius 2 is 1.94 bits per heavy atom. The molecule has 0 spiro atoms. The van der Waals surface area contributed by atoms with Crippen molar-refractivity contribution in [3.05, 3.63) is 0 Å². The van der Waals surface area contributed by atoms with E-state index in [-0.39, 0.29) is 13.0 Å². The highest BCUT2D eigenvalue weighted by atomic mass is 16.4. The highest BCUT2D eigenvalue weighted by Crippen LogP contribution is 2.03. The van der Waals surface area contributed by atoms with Crippen LogP contribution in [0.2, 0.25) is 0 Å². The van der Waals surface area contributed by atoms with Crippen LogP contribution in [0.4, 0.5) is 0 Å². The van der Waals surface area contributed by atoms with Crippen LogP contribution >= 0.6 is 0 Å². The van der Waals surface area contributed by atoms with E-state index in [9.17, 15) is 4.79 Å². The average molecular weight is 227 g/mol. The van der Waals surface area contributed by atoms with Crippen molar-refractivity contribution in [3.8, 4) is 11.8 Å². The third-order valence-electron chi connectivity index (χ3n) is 1.48. The average Bonchev–Trinajstić information content (AvgIpc) is 2.19. The molecule has 0 aromatic rings. The van der Waals surface area contributed by atoms with Gasteiger partial charge >= 0.3 is 5.97 Å². The van der Waals surface area contributed by atoms with Gasteiger partial charge in [0.1, 0.15) is 12.1 Å². The molecule has 5 heteroatoms. The number of hydrogen-bond donors (Lipinski definition) is 3. The molecule has 0 aliphatic carbocycles. The minimum Gasteiger partial charge on any atom is -0.480 e. The molecule has 0 bridgehead atoms. The maximum absolute atomic E-state index is 10.6. The molecule has 0 radical (unpaired) electrons. The van der Waals surface area contributed by atoms with E-state index < -0.39 is 11.5 Å². The van der Waals surface area contributed by atoms with Gasteiger partial charge in [0.05, 0.1) is 5.84 Å². The smallest absolute Gasteiger partial charge is 0.324 e. The normalized spacial score (nSPS) is 13.7. The zero-order chi connectivity index (χ0) is 13.2. The topological polar surface area (TPSA) is 102 Å². The van der Waals surface area contributed by atoms with Crippen LogP contribution in [-0.4, -0.2) is 29.0 Å². The van der Waals surface area contributed by atoms with Gasteiger partial charge in [0, 0.05) is 6.42 Å². The summed E-state index contributed by atoms with van der Waals surface area (Å²) in [6, 6.07) is 0. The number of amidine groups is 1. The minimum atomic E-state index is -1.30. The molecule has 16 heavy (non-hydrogen) atoms. The monoisotopic (exact) mass is 227 g/mol. The summed E-state index contributed by atoms with van der Waals surface area (Å²) in [5.41, 5.74) is 9.41. The van der Waals surface area contributed by atoms with Gasteiger partial charge in [-0.05, 0) is 13.8 Å². The summed E-state index contributed by atoms with van der Waals surface area (Å²) < 4.78 is 0. The number of aliphatic imine (C=N–C) groups is 1. The lowest BCUT2D eigenvalue weighted by Gasteiger charge is -2.14. The lowest BCUT2D eigenvalue weighted by Crippen LogP contribution is -2.44. The molecule has 0 saturated carbocycles. The molecule has 0 heterocycles. The van der Waals surface area contributed by atoms with Gasteiger partial charge in [-0.1, -0.05) is 25.7 Å². The lowest BCUT2D eigenvalue weighted by molar-refractivity contribution is -0.142. The minimum absolute atomic E-state index is 0.0987. The Bertz CT molecular complexity index is 294. The molecule has 0 saturated heterocycles. The molecular formula is C11H21N3O2. The molecule has 0 amide bonds. The molecule has 5 nitrogen and oxygen atoms in total. The Morgan fingerprint density at radius 3 is 2.31 bits per heavy atom. The first-order chi connectivity index (χ1) is 7.36. The second-order valence-electron chi connectivity index (χ2n) is 3.21. The van der Waals surface area contributed by atoms with Crippen LogP contribution in [-0.2, 0) is 4.79 Å². The quantitative estimate of drug-likeness (QED) is 0.373. The van der Waals surface area contributed by atoms with Gasteiger partial charge < -0.3 is 16.6 Å². The van der Waals surface area contributed by atoms with Crippen LogP contribution < -0.4 is 11.5 Å². The zero-order valence-electron chi connectivity index (χ0n) is 10.4. The molecule has 0 aromatic heterocycles. The predicted octanol–water partition coefficient (Wildman–Crippen LogP) is 0.585. The predicted molar refractivity (Wildman–Crippen MR) is 66.1 cm³/mol. The molecule has 0 aromatic carbocycles. The van der Waals surface area contributed by atoms with Gasteiger partial charge in [-0.2, -0.15) is 0 Å². The van der Waals surface area contributed by atoms with Crippen LogP contribution in [0.3, 0.4) is 0 Å². The zero-order valence-corrected chi connectivity index (χ0v) is 10.4. The summed E-state index contributed by atoms with van der Waals surface area (Å²) in [5, 5.41) is 8.65. The largest absolute Gasteiger partial charge is 0.480 e. The van der Waals surface area contributed by atoms with Crippen molar-refractivity contribution >= 4 is 11.8 Å². The number of carboxylic acids is 1. The molecule has 5 N–H and O–H groups in total. The molecule has 0 fully saturated rings.